The van der Waals surface area contributed by atoms with Crippen LogP contribution >= 0.6 is 11.8 Å². The number of hydrogen-bond acceptors (Lipinski definition) is 3. The summed E-state index contributed by atoms with van der Waals surface area (Å²) >= 11 is 2.01. The first-order valence-electron chi connectivity index (χ1n) is 5.94. The van der Waals surface area contributed by atoms with Crippen LogP contribution in [0.1, 0.15) is 29.6 Å². The third-order valence-corrected chi connectivity index (χ3v) is 4.32. The zero-order chi connectivity index (χ0) is 12.1. The molecule has 2 rings (SSSR count). The lowest BCUT2D eigenvalue weighted by Gasteiger charge is -2.22. The molecule has 1 aromatic rings. The van der Waals surface area contributed by atoms with Gasteiger partial charge >= 0.3 is 5.97 Å². The number of carboxylic acid groups (broad SMARTS) is 1. The minimum Gasteiger partial charge on any atom is -0.478 e. The number of nitrogens with one attached hydrogen (secondary N) is 1. The molecule has 0 aromatic heterocycles. The van der Waals surface area contributed by atoms with Crippen molar-refractivity contribution in [2.75, 3.05) is 17.6 Å². The van der Waals surface area contributed by atoms with Crippen LogP contribution in [0.4, 0.5) is 5.69 Å². The molecule has 0 radical (unpaired) electrons. The van der Waals surface area contributed by atoms with E-state index in [1.807, 2.05) is 17.8 Å². The van der Waals surface area contributed by atoms with E-state index >= 15 is 0 Å². The van der Waals surface area contributed by atoms with E-state index in [9.17, 15) is 4.79 Å². The number of benzene rings is 1. The van der Waals surface area contributed by atoms with Gasteiger partial charge < -0.3 is 10.4 Å². The van der Waals surface area contributed by atoms with Crippen LogP contribution in [0.5, 0.6) is 0 Å². The average molecular weight is 251 g/mol. The molecule has 1 saturated heterocycles. The Morgan fingerprint density at radius 1 is 1.47 bits per heavy atom. The number of anilines is 1. The van der Waals surface area contributed by atoms with E-state index in [-0.39, 0.29) is 0 Å². The van der Waals surface area contributed by atoms with E-state index in [2.05, 4.69) is 5.32 Å². The van der Waals surface area contributed by atoms with E-state index in [0.29, 0.717) is 10.8 Å². The van der Waals surface area contributed by atoms with Crippen molar-refractivity contribution in [3.8, 4) is 0 Å². The molecule has 0 amide bonds. The van der Waals surface area contributed by atoms with Crippen molar-refractivity contribution in [1.82, 2.24) is 0 Å². The lowest BCUT2D eigenvalue weighted by atomic mass is 10.1. The highest BCUT2D eigenvalue weighted by Crippen LogP contribution is 2.25. The Hall–Kier alpha value is -1.16. The second-order valence-electron chi connectivity index (χ2n) is 4.26. The van der Waals surface area contributed by atoms with Crippen molar-refractivity contribution in [1.29, 1.82) is 0 Å². The molecule has 0 bridgehead atoms. The van der Waals surface area contributed by atoms with Gasteiger partial charge in [-0.1, -0.05) is 12.5 Å². The Morgan fingerprint density at radius 3 is 3.06 bits per heavy atom. The summed E-state index contributed by atoms with van der Waals surface area (Å²) in [7, 11) is 0. The summed E-state index contributed by atoms with van der Waals surface area (Å²) < 4.78 is 0. The van der Waals surface area contributed by atoms with Crippen LogP contribution in [0.3, 0.4) is 0 Å². The van der Waals surface area contributed by atoms with Crippen LogP contribution in [0.2, 0.25) is 0 Å². The van der Waals surface area contributed by atoms with Crippen molar-refractivity contribution in [3.05, 3.63) is 29.8 Å². The minimum absolute atomic E-state index is 0.339. The summed E-state index contributed by atoms with van der Waals surface area (Å²) in [6, 6.07) is 7.00. The van der Waals surface area contributed by atoms with Gasteiger partial charge in [-0.3, -0.25) is 0 Å². The lowest BCUT2D eigenvalue weighted by Crippen LogP contribution is -2.20. The van der Waals surface area contributed by atoms with E-state index in [1.54, 1.807) is 18.2 Å². The Labute approximate surface area is 106 Å². The van der Waals surface area contributed by atoms with Gasteiger partial charge in [0.05, 0.1) is 5.56 Å². The molecule has 0 spiro atoms. The molecule has 0 saturated carbocycles. The first kappa shape index (κ1) is 12.3. The van der Waals surface area contributed by atoms with Crippen LogP contribution < -0.4 is 5.32 Å². The number of hydrogen-bond donors (Lipinski definition) is 2. The molecule has 1 fully saturated rings. The fraction of sp³-hybridized carbons (Fsp3) is 0.462. The molecule has 4 heteroatoms. The van der Waals surface area contributed by atoms with Crippen LogP contribution in [0.25, 0.3) is 0 Å². The summed E-state index contributed by atoms with van der Waals surface area (Å²) in [6.07, 6.45) is 3.90. The second kappa shape index (κ2) is 5.96. The highest BCUT2D eigenvalue weighted by atomic mass is 32.2. The van der Waals surface area contributed by atoms with E-state index in [1.165, 1.54) is 25.0 Å². The predicted molar refractivity (Wildman–Crippen MR) is 72.0 cm³/mol. The summed E-state index contributed by atoms with van der Waals surface area (Å²) in [4.78, 5) is 10.8. The zero-order valence-corrected chi connectivity index (χ0v) is 10.5. The van der Waals surface area contributed by atoms with E-state index in [0.717, 1.165) is 12.2 Å². The summed E-state index contributed by atoms with van der Waals surface area (Å²) in [5.74, 6) is 0.377. The molecular weight excluding hydrogens is 234 g/mol. The molecule has 1 unspecified atom stereocenters. The van der Waals surface area contributed by atoms with Gasteiger partial charge in [-0.05, 0) is 36.8 Å². The van der Waals surface area contributed by atoms with Crippen molar-refractivity contribution < 1.29 is 9.90 Å². The molecule has 1 aliphatic rings. The molecule has 1 heterocycles. The smallest absolute Gasteiger partial charge is 0.335 e. The van der Waals surface area contributed by atoms with Gasteiger partial charge in [-0.25, -0.2) is 4.79 Å². The Balaban J connectivity index is 1.89. The van der Waals surface area contributed by atoms with Crippen molar-refractivity contribution in [2.45, 2.75) is 24.5 Å². The third-order valence-electron chi connectivity index (χ3n) is 2.92. The Bertz CT molecular complexity index is 389. The number of thioether (sulfide) groups is 1. The van der Waals surface area contributed by atoms with Gasteiger partial charge in [-0.2, -0.15) is 11.8 Å². The largest absolute Gasteiger partial charge is 0.478 e. The minimum atomic E-state index is -0.874. The van der Waals surface area contributed by atoms with Gasteiger partial charge in [0.1, 0.15) is 0 Å². The molecule has 92 valence electrons. The number of aromatic carboxylic acids is 1. The van der Waals surface area contributed by atoms with Crippen molar-refractivity contribution in [2.24, 2.45) is 0 Å². The van der Waals surface area contributed by atoms with Gasteiger partial charge in [0, 0.05) is 17.5 Å². The van der Waals surface area contributed by atoms with Crippen LogP contribution in [-0.2, 0) is 0 Å². The van der Waals surface area contributed by atoms with Crippen LogP contribution in [-0.4, -0.2) is 28.6 Å². The standard InChI is InChI=1S/C13H17NO2S/c15-13(16)10-4-3-5-11(8-10)14-9-12-6-1-2-7-17-12/h3-5,8,12,14H,1-2,6-7,9H2,(H,15,16). The Kier molecular flexibility index (Phi) is 4.31. The maximum Gasteiger partial charge on any atom is 0.335 e. The molecule has 1 aromatic carbocycles. The van der Waals surface area contributed by atoms with Crippen molar-refractivity contribution >= 4 is 23.4 Å². The lowest BCUT2D eigenvalue weighted by molar-refractivity contribution is 0.0697. The molecule has 0 aliphatic carbocycles. The normalized spacial score (nSPS) is 19.9. The number of carbonyl (C=O) groups is 1. The van der Waals surface area contributed by atoms with Gasteiger partial charge in [0.15, 0.2) is 0 Å². The van der Waals surface area contributed by atoms with E-state index < -0.39 is 5.97 Å². The summed E-state index contributed by atoms with van der Waals surface area (Å²) in [5.41, 5.74) is 1.24. The van der Waals surface area contributed by atoms with Gasteiger partial charge in [0.2, 0.25) is 0 Å². The van der Waals surface area contributed by atoms with E-state index in [4.69, 9.17) is 5.11 Å². The first-order valence-corrected chi connectivity index (χ1v) is 6.99. The summed E-state index contributed by atoms with van der Waals surface area (Å²) in [6.45, 7) is 0.924. The SMILES string of the molecule is O=C(O)c1cccc(NCC2CCCCS2)c1. The molecular formula is C13H17NO2S. The predicted octanol–water partition coefficient (Wildman–Crippen LogP) is 3.08. The third kappa shape index (κ3) is 3.66. The van der Waals surface area contributed by atoms with Gasteiger partial charge in [-0.15, -0.1) is 0 Å². The second-order valence-corrected chi connectivity index (χ2v) is 5.66. The number of rotatable bonds is 4. The van der Waals surface area contributed by atoms with Crippen LogP contribution in [0, 0.1) is 0 Å². The average Bonchev–Trinajstić information content (AvgIpc) is 2.38. The zero-order valence-electron chi connectivity index (χ0n) is 9.69. The monoisotopic (exact) mass is 251 g/mol. The summed E-state index contributed by atoms with van der Waals surface area (Å²) in [5, 5.41) is 12.9. The van der Waals surface area contributed by atoms with Gasteiger partial charge in [0.25, 0.3) is 0 Å². The molecule has 1 atom stereocenters. The Morgan fingerprint density at radius 2 is 2.35 bits per heavy atom. The highest BCUT2D eigenvalue weighted by Gasteiger charge is 2.13. The number of carboxylic acids is 1. The molecule has 17 heavy (non-hydrogen) atoms. The fourth-order valence-electron chi connectivity index (χ4n) is 1.96. The van der Waals surface area contributed by atoms with Crippen LogP contribution in [0.15, 0.2) is 24.3 Å². The highest BCUT2D eigenvalue weighted by molar-refractivity contribution is 7.99. The molecule has 2 N–H and O–H groups in total. The maximum absolute atomic E-state index is 10.8. The molecule has 1 aliphatic heterocycles. The quantitative estimate of drug-likeness (QED) is 0.863. The maximum atomic E-state index is 10.8. The van der Waals surface area contributed by atoms with Crippen molar-refractivity contribution in [3.63, 3.8) is 0 Å². The first-order chi connectivity index (χ1) is 8.25. The fourth-order valence-corrected chi connectivity index (χ4v) is 3.20. The molecule has 3 nitrogen and oxygen atoms in total. The topological polar surface area (TPSA) is 49.3 Å².